The van der Waals surface area contributed by atoms with Crippen LogP contribution in [-0.4, -0.2) is 10.5 Å². The van der Waals surface area contributed by atoms with Crippen molar-refractivity contribution in [1.29, 1.82) is 0 Å². The highest BCUT2D eigenvalue weighted by Crippen LogP contribution is 2.42. The molecule has 0 aliphatic carbocycles. The molecule has 1 aromatic heterocycles. The van der Waals surface area contributed by atoms with Gasteiger partial charge in [0.2, 0.25) is 0 Å². The molecule has 0 amide bonds. The minimum atomic E-state index is -0.229. The van der Waals surface area contributed by atoms with Crippen molar-refractivity contribution in [1.82, 2.24) is 4.98 Å². The number of hydrogen-bond donors (Lipinski definition) is 1. The first-order chi connectivity index (χ1) is 13.6. The SMILES string of the molecule is CC1=CSC(N)N1c1ncc(Sc2ccccc2Cl)cc1Oc1ccccc1. The molecular formula is C21H18ClN3OS2. The molecule has 0 saturated carbocycles. The molecular weight excluding hydrogens is 410 g/mol. The molecule has 0 bridgehead atoms. The van der Waals surface area contributed by atoms with Gasteiger partial charge in [-0.3, -0.25) is 0 Å². The quantitative estimate of drug-likeness (QED) is 0.513. The first-order valence-corrected chi connectivity index (χ1v) is 10.8. The lowest BCUT2D eigenvalue weighted by Gasteiger charge is -2.26. The first kappa shape index (κ1) is 19.2. The number of rotatable bonds is 5. The predicted octanol–water partition coefficient (Wildman–Crippen LogP) is 6.34. The van der Waals surface area contributed by atoms with E-state index in [1.807, 2.05) is 84.1 Å². The molecule has 0 spiro atoms. The summed E-state index contributed by atoms with van der Waals surface area (Å²) in [6, 6.07) is 19.4. The van der Waals surface area contributed by atoms with E-state index < -0.39 is 0 Å². The highest BCUT2D eigenvalue weighted by atomic mass is 35.5. The van der Waals surface area contributed by atoms with E-state index in [9.17, 15) is 0 Å². The van der Waals surface area contributed by atoms with Gasteiger partial charge in [-0.2, -0.15) is 0 Å². The van der Waals surface area contributed by atoms with Crippen molar-refractivity contribution in [2.24, 2.45) is 5.73 Å². The Labute approximate surface area is 177 Å². The molecule has 0 fully saturated rings. The van der Waals surface area contributed by atoms with Gasteiger partial charge in [-0.1, -0.05) is 65.5 Å². The fraction of sp³-hybridized carbons (Fsp3) is 0.0952. The fourth-order valence-electron chi connectivity index (χ4n) is 2.78. The van der Waals surface area contributed by atoms with Gasteiger partial charge < -0.3 is 15.4 Å². The molecule has 2 N–H and O–H groups in total. The zero-order valence-electron chi connectivity index (χ0n) is 15.1. The van der Waals surface area contributed by atoms with Gasteiger partial charge in [-0.25, -0.2) is 4.98 Å². The van der Waals surface area contributed by atoms with Crippen molar-refractivity contribution in [2.75, 3.05) is 4.90 Å². The smallest absolute Gasteiger partial charge is 0.178 e. The van der Waals surface area contributed by atoms with Crippen LogP contribution < -0.4 is 15.4 Å². The predicted molar refractivity (Wildman–Crippen MR) is 118 cm³/mol. The second-order valence-corrected chi connectivity index (χ2v) is 8.61. The number of nitrogens with two attached hydrogens (primary N) is 1. The van der Waals surface area contributed by atoms with Gasteiger partial charge in [0.1, 0.15) is 11.2 Å². The molecule has 3 aromatic rings. The van der Waals surface area contributed by atoms with Gasteiger partial charge in [0, 0.05) is 27.8 Å². The third-order valence-corrected chi connectivity index (χ3v) is 6.53. The van der Waals surface area contributed by atoms with E-state index in [1.165, 1.54) is 0 Å². The van der Waals surface area contributed by atoms with Crippen molar-refractivity contribution >= 4 is 40.9 Å². The summed E-state index contributed by atoms with van der Waals surface area (Å²) in [5, 5.41) is 2.74. The zero-order chi connectivity index (χ0) is 19.5. The minimum Gasteiger partial charge on any atom is -0.453 e. The Bertz CT molecular complexity index is 1010. The minimum absolute atomic E-state index is 0.229. The number of ether oxygens (including phenoxy) is 1. The molecule has 7 heteroatoms. The number of halogens is 1. The number of benzene rings is 2. The van der Waals surface area contributed by atoms with Crippen molar-refractivity contribution < 1.29 is 4.74 Å². The number of anilines is 1. The monoisotopic (exact) mass is 427 g/mol. The van der Waals surface area contributed by atoms with Crippen LogP contribution in [0.1, 0.15) is 6.92 Å². The molecule has 28 heavy (non-hydrogen) atoms. The summed E-state index contributed by atoms with van der Waals surface area (Å²) in [4.78, 5) is 8.57. The van der Waals surface area contributed by atoms with Crippen LogP contribution in [0.15, 0.2) is 87.8 Å². The summed E-state index contributed by atoms with van der Waals surface area (Å²) in [6.45, 7) is 2.01. The van der Waals surface area contributed by atoms with Gasteiger partial charge in [-0.05, 0) is 36.6 Å². The Hall–Kier alpha value is -2.12. The van der Waals surface area contributed by atoms with Crippen LogP contribution in [-0.2, 0) is 0 Å². The van der Waals surface area contributed by atoms with Crippen molar-refractivity contribution in [3.63, 3.8) is 0 Å². The number of nitrogens with zero attached hydrogens (tertiary/aromatic N) is 2. The van der Waals surface area contributed by atoms with Crippen LogP contribution in [0.5, 0.6) is 11.5 Å². The van der Waals surface area contributed by atoms with Gasteiger partial charge in [0.15, 0.2) is 11.6 Å². The summed E-state index contributed by atoms with van der Waals surface area (Å²) < 4.78 is 6.18. The van der Waals surface area contributed by atoms with Gasteiger partial charge in [-0.15, -0.1) is 0 Å². The van der Waals surface area contributed by atoms with Crippen LogP contribution in [0.2, 0.25) is 5.02 Å². The van der Waals surface area contributed by atoms with E-state index >= 15 is 0 Å². The normalized spacial score (nSPS) is 16.2. The Morgan fingerprint density at radius 3 is 2.61 bits per heavy atom. The Morgan fingerprint density at radius 1 is 1.14 bits per heavy atom. The molecule has 142 valence electrons. The van der Waals surface area contributed by atoms with E-state index in [0.717, 1.165) is 21.2 Å². The molecule has 4 nitrogen and oxygen atoms in total. The van der Waals surface area contributed by atoms with Crippen LogP contribution in [0.25, 0.3) is 0 Å². The summed E-state index contributed by atoms with van der Waals surface area (Å²) in [6.07, 6.45) is 1.82. The number of aromatic nitrogens is 1. The molecule has 1 aliphatic rings. The van der Waals surface area contributed by atoms with E-state index in [0.29, 0.717) is 16.6 Å². The number of para-hydroxylation sites is 1. The average molecular weight is 428 g/mol. The molecule has 2 aromatic carbocycles. The Kier molecular flexibility index (Phi) is 5.82. The number of hydrogen-bond acceptors (Lipinski definition) is 6. The summed E-state index contributed by atoms with van der Waals surface area (Å²) >= 11 is 9.41. The second kappa shape index (κ2) is 8.49. The van der Waals surface area contributed by atoms with E-state index in [2.05, 4.69) is 4.98 Å². The zero-order valence-corrected chi connectivity index (χ0v) is 17.5. The lowest BCUT2D eigenvalue weighted by atomic mass is 10.3. The number of pyridine rings is 1. The van der Waals surface area contributed by atoms with Gasteiger partial charge >= 0.3 is 0 Å². The van der Waals surface area contributed by atoms with E-state index in [4.69, 9.17) is 22.1 Å². The maximum atomic E-state index is 6.31. The first-order valence-electron chi connectivity index (χ1n) is 8.64. The lowest BCUT2D eigenvalue weighted by Crippen LogP contribution is -2.35. The highest BCUT2D eigenvalue weighted by molar-refractivity contribution is 8.03. The second-order valence-electron chi connectivity index (χ2n) is 6.10. The third kappa shape index (κ3) is 4.15. The summed E-state index contributed by atoms with van der Waals surface area (Å²) in [7, 11) is 0. The van der Waals surface area contributed by atoms with Crippen LogP contribution in [0, 0.1) is 0 Å². The highest BCUT2D eigenvalue weighted by Gasteiger charge is 2.27. The maximum Gasteiger partial charge on any atom is 0.178 e. The topological polar surface area (TPSA) is 51.4 Å². The summed E-state index contributed by atoms with van der Waals surface area (Å²) in [5.74, 6) is 2.08. The molecule has 0 radical (unpaired) electrons. The van der Waals surface area contributed by atoms with E-state index in [-0.39, 0.29) is 5.50 Å². The Balaban J connectivity index is 1.72. The van der Waals surface area contributed by atoms with Crippen molar-refractivity contribution in [3.8, 4) is 11.5 Å². The largest absolute Gasteiger partial charge is 0.453 e. The van der Waals surface area contributed by atoms with Crippen molar-refractivity contribution in [3.05, 3.63) is 83.0 Å². The fourth-order valence-corrected chi connectivity index (χ4v) is 4.70. The average Bonchev–Trinajstić information content (AvgIpc) is 3.03. The number of allylic oxidation sites excluding steroid dienone is 1. The molecule has 1 unspecified atom stereocenters. The maximum absolute atomic E-state index is 6.31. The Morgan fingerprint density at radius 2 is 1.89 bits per heavy atom. The lowest BCUT2D eigenvalue weighted by molar-refractivity contribution is 0.478. The summed E-state index contributed by atoms with van der Waals surface area (Å²) in [5.41, 5.74) is 7.07. The van der Waals surface area contributed by atoms with Crippen LogP contribution >= 0.6 is 35.1 Å². The standard InChI is InChI=1S/C21H18ClN3OS2/c1-14-13-27-21(23)25(14)20-18(26-15-7-3-2-4-8-15)11-16(12-24-20)28-19-10-6-5-9-17(19)22/h2-13,21H,23H2,1H3. The van der Waals surface area contributed by atoms with Crippen LogP contribution in [0.3, 0.4) is 0 Å². The molecule has 1 atom stereocenters. The molecule has 2 heterocycles. The third-order valence-electron chi connectivity index (χ3n) is 4.08. The number of thioether (sulfide) groups is 1. The molecule has 1 aliphatic heterocycles. The molecule has 0 saturated heterocycles. The van der Waals surface area contributed by atoms with E-state index in [1.54, 1.807) is 23.5 Å². The van der Waals surface area contributed by atoms with Gasteiger partial charge in [0.05, 0.1) is 5.02 Å². The van der Waals surface area contributed by atoms with Crippen LogP contribution in [0.4, 0.5) is 5.82 Å². The van der Waals surface area contributed by atoms with Gasteiger partial charge in [0.25, 0.3) is 0 Å². The molecule has 4 rings (SSSR count). The van der Waals surface area contributed by atoms with Crippen molar-refractivity contribution in [2.45, 2.75) is 22.2 Å².